The molecule has 8 heteroatoms. The number of hydrazine groups is 1. The molecular weight excluding hydrogens is 248 g/mol. The monoisotopic (exact) mass is 266 g/mol. The van der Waals surface area contributed by atoms with E-state index in [9.17, 15) is 9.59 Å². The van der Waals surface area contributed by atoms with Gasteiger partial charge in [-0.05, 0) is 6.42 Å². The molecule has 104 valence electrons. The van der Waals surface area contributed by atoms with Crippen molar-refractivity contribution < 1.29 is 0 Å². The van der Waals surface area contributed by atoms with E-state index in [-0.39, 0.29) is 5.56 Å². The van der Waals surface area contributed by atoms with Gasteiger partial charge in [-0.25, -0.2) is 10.6 Å². The predicted octanol–water partition coefficient (Wildman–Crippen LogP) is -0.481. The average molecular weight is 266 g/mol. The zero-order valence-corrected chi connectivity index (χ0v) is 11.3. The Morgan fingerprint density at radius 2 is 1.95 bits per heavy atom. The number of fused-ring (bicyclic) bond motifs is 1. The molecule has 0 aromatic carbocycles. The second-order valence-electron chi connectivity index (χ2n) is 4.46. The Bertz CT molecular complexity index is 723. The van der Waals surface area contributed by atoms with Crippen LogP contribution in [0.4, 0.5) is 5.95 Å². The van der Waals surface area contributed by atoms with Crippen LogP contribution < -0.4 is 22.5 Å². The van der Waals surface area contributed by atoms with Gasteiger partial charge in [0.15, 0.2) is 11.2 Å². The normalized spacial score (nSPS) is 11.2. The molecular formula is C11H18N6O2. The quantitative estimate of drug-likeness (QED) is 0.575. The number of nitrogens with two attached hydrogens (primary N) is 1. The summed E-state index contributed by atoms with van der Waals surface area (Å²) >= 11 is 0. The van der Waals surface area contributed by atoms with Crippen molar-refractivity contribution in [1.29, 1.82) is 0 Å². The van der Waals surface area contributed by atoms with Crippen LogP contribution in [0.5, 0.6) is 0 Å². The lowest BCUT2D eigenvalue weighted by Gasteiger charge is -2.07. The predicted molar refractivity (Wildman–Crippen MR) is 72.9 cm³/mol. The Kier molecular flexibility index (Phi) is 3.43. The Balaban J connectivity index is 2.87. The maximum absolute atomic E-state index is 12.2. The molecule has 0 saturated carbocycles. The number of hydrogen-bond acceptors (Lipinski definition) is 5. The summed E-state index contributed by atoms with van der Waals surface area (Å²) in [5.74, 6) is 5.82. The molecule has 8 nitrogen and oxygen atoms in total. The summed E-state index contributed by atoms with van der Waals surface area (Å²) < 4.78 is 4.15. The number of imidazole rings is 1. The summed E-state index contributed by atoms with van der Waals surface area (Å²) in [5, 5.41) is 0. The molecule has 0 amide bonds. The molecule has 0 fully saturated rings. The minimum Gasteiger partial charge on any atom is -0.303 e. The van der Waals surface area contributed by atoms with E-state index in [1.54, 1.807) is 11.6 Å². The lowest BCUT2D eigenvalue weighted by molar-refractivity contribution is 0.641. The van der Waals surface area contributed by atoms with E-state index >= 15 is 0 Å². The minimum atomic E-state index is -0.402. The van der Waals surface area contributed by atoms with Crippen molar-refractivity contribution in [3.8, 4) is 0 Å². The third-order valence-corrected chi connectivity index (χ3v) is 3.21. The van der Waals surface area contributed by atoms with Crippen molar-refractivity contribution in [3.05, 3.63) is 20.8 Å². The van der Waals surface area contributed by atoms with E-state index in [0.717, 1.165) is 17.4 Å². The molecule has 0 aliphatic carbocycles. The first kappa shape index (κ1) is 13.3. The number of nitrogens with one attached hydrogen (secondary N) is 1. The van der Waals surface area contributed by atoms with Gasteiger partial charge < -0.3 is 4.57 Å². The van der Waals surface area contributed by atoms with Crippen molar-refractivity contribution >= 4 is 17.1 Å². The molecule has 0 spiro atoms. The van der Waals surface area contributed by atoms with Gasteiger partial charge in [-0.15, -0.1) is 0 Å². The summed E-state index contributed by atoms with van der Waals surface area (Å²) in [6, 6.07) is 0. The topological polar surface area (TPSA) is 99.9 Å². The highest BCUT2D eigenvalue weighted by molar-refractivity contribution is 5.74. The molecule has 0 radical (unpaired) electrons. The summed E-state index contributed by atoms with van der Waals surface area (Å²) in [5.41, 5.74) is 2.45. The lowest BCUT2D eigenvalue weighted by atomic mass is 10.3. The molecule has 0 aliphatic heterocycles. The van der Waals surface area contributed by atoms with Crippen LogP contribution >= 0.6 is 0 Å². The minimum absolute atomic E-state index is 0.345. The smallest absolute Gasteiger partial charge is 0.303 e. The second kappa shape index (κ2) is 4.88. The van der Waals surface area contributed by atoms with Crippen LogP contribution in [0.15, 0.2) is 9.59 Å². The first-order valence-electron chi connectivity index (χ1n) is 6.15. The maximum atomic E-state index is 12.2. The fraction of sp³-hybridized carbons (Fsp3) is 0.545. The molecule has 0 atom stereocenters. The number of unbranched alkanes of at least 4 members (excludes halogenated alkanes) is 1. The van der Waals surface area contributed by atoms with E-state index in [2.05, 4.69) is 17.3 Å². The van der Waals surface area contributed by atoms with Gasteiger partial charge >= 0.3 is 5.69 Å². The fourth-order valence-electron chi connectivity index (χ4n) is 2.09. The lowest BCUT2D eigenvalue weighted by Crippen LogP contribution is -2.37. The van der Waals surface area contributed by atoms with Crippen molar-refractivity contribution in [3.63, 3.8) is 0 Å². The first-order valence-corrected chi connectivity index (χ1v) is 6.15. The summed E-state index contributed by atoms with van der Waals surface area (Å²) in [6.45, 7) is 2.68. The molecule has 0 aliphatic rings. The van der Waals surface area contributed by atoms with Crippen LogP contribution in [-0.2, 0) is 20.6 Å². The largest absolute Gasteiger partial charge is 0.332 e. The van der Waals surface area contributed by atoms with Gasteiger partial charge in [0.25, 0.3) is 5.56 Å². The van der Waals surface area contributed by atoms with Crippen molar-refractivity contribution in [2.24, 2.45) is 19.9 Å². The molecule has 2 aromatic heterocycles. The SMILES string of the molecule is CCCCn1c(NN)nc2c1c(=O)n(C)c(=O)n2C. The van der Waals surface area contributed by atoms with E-state index in [1.165, 1.54) is 11.6 Å². The summed E-state index contributed by atoms with van der Waals surface area (Å²) in [4.78, 5) is 28.3. The fourth-order valence-corrected chi connectivity index (χ4v) is 2.09. The molecule has 0 unspecified atom stereocenters. The Morgan fingerprint density at radius 1 is 1.26 bits per heavy atom. The van der Waals surface area contributed by atoms with E-state index in [4.69, 9.17) is 5.84 Å². The number of nitrogens with zero attached hydrogens (tertiary/aromatic N) is 4. The molecule has 0 bridgehead atoms. The standard InChI is InChI=1S/C11H18N6O2/c1-4-5-6-17-7-8(13-10(17)14-12)15(2)11(19)16(3)9(7)18/h4-6,12H2,1-3H3,(H,13,14). The molecule has 0 saturated heterocycles. The van der Waals surface area contributed by atoms with E-state index < -0.39 is 5.69 Å². The van der Waals surface area contributed by atoms with E-state index in [1.807, 2.05) is 0 Å². The zero-order chi connectivity index (χ0) is 14.2. The number of aromatic nitrogens is 4. The Labute approximate surface area is 109 Å². The van der Waals surface area contributed by atoms with Crippen molar-refractivity contribution in [2.75, 3.05) is 5.43 Å². The van der Waals surface area contributed by atoms with Crippen LogP contribution in [0.25, 0.3) is 11.2 Å². The maximum Gasteiger partial charge on any atom is 0.332 e. The van der Waals surface area contributed by atoms with Gasteiger partial charge in [-0.1, -0.05) is 13.3 Å². The highest BCUT2D eigenvalue weighted by Gasteiger charge is 2.17. The van der Waals surface area contributed by atoms with Crippen molar-refractivity contribution in [2.45, 2.75) is 26.3 Å². The van der Waals surface area contributed by atoms with Gasteiger partial charge in [-0.2, -0.15) is 4.98 Å². The molecule has 2 aromatic rings. The third-order valence-electron chi connectivity index (χ3n) is 3.21. The Hall–Kier alpha value is -2.09. The third kappa shape index (κ3) is 1.93. The van der Waals surface area contributed by atoms with Gasteiger partial charge in [0.1, 0.15) is 0 Å². The molecule has 2 heterocycles. The first-order chi connectivity index (χ1) is 9.02. The zero-order valence-electron chi connectivity index (χ0n) is 11.3. The molecule has 3 N–H and O–H groups in total. The summed E-state index contributed by atoms with van der Waals surface area (Å²) in [6.07, 6.45) is 1.88. The van der Waals surface area contributed by atoms with Gasteiger partial charge in [-0.3, -0.25) is 19.4 Å². The van der Waals surface area contributed by atoms with Crippen LogP contribution in [0.3, 0.4) is 0 Å². The summed E-state index contributed by atoms with van der Waals surface area (Å²) in [7, 11) is 3.04. The van der Waals surface area contributed by atoms with Crippen LogP contribution in [-0.4, -0.2) is 18.7 Å². The van der Waals surface area contributed by atoms with Gasteiger partial charge in [0.2, 0.25) is 5.95 Å². The number of anilines is 1. The van der Waals surface area contributed by atoms with Crippen molar-refractivity contribution in [1.82, 2.24) is 18.7 Å². The highest BCUT2D eigenvalue weighted by Crippen LogP contribution is 2.15. The Morgan fingerprint density at radius 3 is 2.53 bits per heavy atom. The average Bonchev–Trinajstić information content (AvgIpc) is 2.79. The number of nitrogen functional groups attached to an aromatic ring is 1. The number of hydrogen-bond donors (Lipinski definition) is 2. The number of aryl methyl sites for hydroxylation is 2. The molecule has 2 rings (SSSR count). The van der Waals surface area contributed by atoms with Crippen LogP contribution in [0.1, 0.15) is 19.8 Å². The number of rotatable bonds is 4. The van der Waals surface area contributed by atoms with Crippen LogP contribution in [0, 0.1) is 0 Å². The van der Waals surface area contributed by atoms with Crippen LogP contribution in [0.2, 0.25) is 0 Å². The van der Waals surface area contributed by atoms with Gasteiger partial charge in [0, 0.05) is 20.6 Å². The van der Waals surface area contributed by atoms with Gasteiger partial charge in [0.05, 0.1) is 0 Å². The molecule has 19 heavy (non-hydrogen) atoms. The highest BCUT2D eigenvalue weighted by atomic mass is 16.2. The second-order valence-corrected chi connectivity index (χ2v) is 4.46. The van der Waals surface area contributed by atoms with E-state index in [0.29, 0.717) is 23.7 Å².